The van der Waals surface area contributed by atoms with Crippen LogP contribution in [0.3, 0.4) is 0 Å². The Hall–Kier alpha value is -2.23. The second-order valence-electron chi connectivity index (χ2n) is 5.02. The van der Waals surface area contributed by atoms with E-state index in [1.165, 1.54) is 12.1 Å². The highest BCUT2D eigenvalue weighted by Crippen LogP contribution is 2.32. The van der Waals surface area contributed by atoms with Gasteiger partial charge in [0.25, 0.3) is 0 Å². The van der Waals surface area contributed by atoms with Gasteiger partial charge in [-0.05, 0) is 55.2 Å². The monoisotopic (exact) mass is 271 g/mol. The molecule has 2 aromatic rings. The van der Waals surface area contributed by atoms with Gasteiger partial charge in [0, 0.05) is 11.3 Å². The third-order valence-electron chi connectivity index (χ3n) is 3.73. The molecule has 0 aliphatic heterocycles. The van der Waals surface area contributed by atoms with Crippen molar-refractivity contribution in [2.24, 2.45) is 0 Å². The van der Waals surface area contributed by atoms with Gasteiger partial charge in [-0.1, -0.05) is 6.07 Å². The number of pyridine rings is 1. The third kappa shape index (κ3) is 2.29. The van der Waals surface area contributed by atoms with E-state index in [4.69, 9.17) is 0 Å². The van der Waals surface area contributed by atoms with Crippen LogP contribution in [0.25, 0.3) is 11.3 Å². The highest BCUT2D eigenvalue weighted by atomic mass is 19.1. The van der Waals surface area contributed by atoms with Crippen molar-refractivity contribution < 1.29 is 14.3 Å². The minimum atomic E-state index is -0.790. The molecule has 0 spiro atoms. The average Bonchev–Trinajstić information content (AvgIpc) is 2.46. The molecule has 1 aromatic heterocycles. The van der Waals surface area contributed by atoms with Gasteiger partial charge in [0.1, 0.15) is 5.82 Å². The number of carbonyl (C=O) groups is 1. The predicted molar refractivity (Wildman–Crippen MR) is 72.9 cm³/mol. The number of fused-ring (bicyclic) bond motifs is 1. The minimum Gasteiger partial charge on any atom is -0.481 e. The largest absolute Gasteiger partial charge is 0.481 e. The van der Waals surface area contributed by atoms with E-state index in [9.17, 15) is 14.3 Å². The van der Waals surface area contributed by atoms with Crippen molar-refractivity contribution in [3.63, 3.8) is 0 Å². The first kappa shape index (κ1) is 12.8. The number of nitrogens with zero attached hydrogens (tertiary/aromatic N) is 1. The van der Waals surface area contributed by atoms with E-state index in [0.29, 0.717) is 6.42 Å². The molecule has 0 radical (unpaired) electrons. The van der Waals surface area contributed by atoms with E-state index in [1.54, 1.807) is 12.1 Å². The van der Waals surface area contributed by atoms with Crippen LogP contribution in [-0.2, 0) is 11.2 Å². The van der Waals surface area contributed by atoms with Gasteiger partial charge >= 0.3 is 5.97 Å². The fourth-order valence-corrected chi connectivity index (χ4v) is 2.70. The Morgan fingerprint density at radius 2 is 1.95 bits per heavy atom. The van der Waals surface area contributed by atoms with Crippen molar-refractivity contribution >= 4 is 5.97 Å². The zero-order valence-electron chi connectivity index (χ0n) is 10.8. The molecule has 0 saturated carbocycles. The summed E-state index contributed by atoms with van der Waals surface area (Å²) in [4.78, 5) is 15.8. The second kappa shape index (κ2) is 5.04. The minimum absolute atomic E-state index is 0.280. The molecule has 20 heavy (non-hydrogen) atoms. The van der Waals surface area contributed by atoms with E-state index in [-0.39, 0.29) is 5.82 Å². The Kier molecular flexibility index (Phi) is 3.22. The van der Waals surface area contributed by atoms with Gasteiger partial charge in [-0.15, -0.1) is 0 Å². The summed E-state index contributed by atoms with van der Waals surface area (Å²) in [5.41, 5.74) is 3.27. The molecule has 0 saturated heterocycles. The maximum absolute atomic E-state index is 12.9. The summed E-state index contributed by atoms with van der Waals surface area (Å²) in [5, 5.41) is 9.23. The Morgan fingerprint density at radius 1 is 1.20 bits per heavy atom. The third-order valence-corrected chi connectivity index (χ3v) is 3.73. The van der Waals surface area contributed by atoms with Crippen LogP contribution in [0.15, 0.2) is 36.4 Å². The van der Waals surface area contributed by atoms with Crippen LogP contribution >= 0.6 is 0 Å². The van der Waals surface area contributed by atoms with E-state index < -0.39 is 11.9 Å². The standard InChI is InChI=1S/C16H14FNO2/c17-11-6-4-10(5-7-11)14-9-8-12-13(16(19)20)2-1-3-15(12)18-14/h4-9,13H,1-3H2,(H,19,20). The number of hydrogen-bond acceptors (Lipinski definition) is 2. The quantitative estimate of drug-likeness (QED) is 0.910. The number of benzene rings is 1. The zero-order chi connectivity index (χ0) is 14.1. The van der Waals surface area contributed by atoms with E-state index >= 15 is 0 Å². The van der Waals surface area contributed by atoms with Crippen molar-refractivity contribution in [1.82, 2.24) is 4.98 Å². The summed E-state index contributed by atoms with van der Waals surface area (Å²) < 4.78 is 12.9. The predicted octanol–water partition coefficient (Wildman–Crippen LogP) is 3.39. The molecule has 1 N–H and O–H groups in total. The lowest BCUT2D eigenvalue weighted by Crippen LogP contribution is -2.19. The maximum atomic E-state index is 12.9. The molecule has 1 heterocycles. The van der Waals surface area contributed by atoms with Crippen molar-refractivity contribution in [2.45, 2.75) is 25.2 Å². The lowest BCUT2D eigenvalue weighted by atomic mass is 9.85. The number of carboxylic acid groups (broad SMARTS) is 1. The number of halogens is 1. The molecule has 1 aliphatic rings. The Morgan fingerprint density at radius 3 is 2.65 bits per heavy atom. The van der Waals surface area contributed by atoms with Gasteiger partial charge < -0.3 is 5.11 Å². The van der Waals surface area contributed by atoms with E-state index in [0.717, 1.165) is 35.4 Å². The van der Waals surface area contributed by atoms with Gasteiger partial charge in [0.2, 0.25) is 0 Å². The normalized spacial score (nSPS) is 17.6. The molecule has 1 aliphatic carbocycles. The van der Waals surface area contributed by atoms with E-state index in [2.05, 4.69) is 4.98 Å². The Bertz CT molecular complexity index is 652. The Balaban J connectivity index is 2.01. The summed E-state index contributed by atoms with van der Waals surface area (Å²) in [7, 11) is 0. The summed E-state index contributed by atoms with van der Waals surface area (Å²) in [6, 6.07) is 9.82. The molecular formula is C16H14FNO2. The first-order valence-corrected chi connectivity index (χ1v) is 6.64. The lowest BCUT2D eigenvalue weighted by Gasteiger charge is -2.21. The number of carboxylic acids is 1. The highest BCUT2D eigenvalue weighted by Gasteiger charge is 2.27. The number of hydrogen-bond donors (Lipinski definition) is 1. The molecule has 0 amide bonds. The van der Waals surface area contributed by atoms with Gasteiger partial charge in [-0.2, -0.15) is 0 Å². The van der Waals surface area contributed by atoms with E-state index in [1.807, 2.05) is 12.1 Å². The van der Waals surface area contributed by atoms with Crippen LogP contribution in [0.2, 0.25) is 0 Å². The molecular weight excluding hydrogens is 257 g/mol. The molecule has 1 unspecified atom stereocenters. The SMILES string of the molecule is O=C(O)C1CCCc2nc(-c3ccc(F)cc3)ccc21. The van der Waals surface area contributed by atoms with Crippen molar-refractivity contribution in [3.05, 3.63) is 53.5 Å². The fourth-order valence-electron chi connectivity index (χ4n) is 2.70. The van der Waals surface area contributed by atoms with Gasteiger partial charge in [-0.3, -0.25) is 9.78 Å². The lowest BCUT2D eigenvalue weighted by molar-refractivity contribution is -0.139. The maximum Gasteiger partial charge on any atom is 0.311 e. The first-order valence-electron chi connectivity index (χ1n) is 6.64. The summed E-state index contributed by atoms with van der Waals surface area (Å²) in [6.45, 7) is 0. The summed E-state index contributed by atoms with van der Waals surface area (Å²) in [5.74, 6) is -1.52. The van der Waals surface area contributed by atoms with Gasteiger partial charge in [-0.25, -0.2) is 4.39 Å². The van der Waals surface area contributed by atoms with Crippen molar-refractivity contribution in [2.75, 3.05) is 0 Å². The van der Waals surface area contributed by atoms with Crippen LogP contribution in [0, 0.1) is 5.82 Å². The smallest absolute Gasteiger partial charge is 0.311 e. The molecule has 0 fully saturated rings. The van der Waals surface area contributed by atoms with Crippen LogP contribution in [0.5, 0.6) is 0 Å². The highest BCUT2D eigenvalue weighted by molar-refractivity contribution is 5.77. The van der Waals surface area contributed by atoms with Gasteiger partial charge in [0.15, 0.2) is 0 Å². The Labute approximate surface area is 116 Å². The van der Waals surface area contributed by atoms with Gasteiger partial charge in [0.05, 0.1) is 11.6 Å². The molecule has 3 nitrogen and oxygen atoms in total. The summed E-state index contributed by atoms with van der Waals surface area (Å²) in [6.07, 6.45) is 2.30. The first-order chi connectivity index (χ1) is 9.65. The zero-order valence-corrected chi connectivity index (χ0v) is 10.8. The van der Waals surface area contributed by atoms with Crippen LogP contribution in [0.1, 0.15) is 30.0 Å². The second-order valence-corrected chi connectivity index (χ2v) is 5.02. The molecule has 3 rings (SSSR count). The number of rotatable bonds is 2. The fraction of sp³-hybridized carbons (Fsp3) is 0.250. The molecule has 102 valence electrons. The molecule has 1 atom stereocenters. The summed E-state index contributed by atoms with van der Waals surface area (Å²) >= 11 is 0. The van der Waals surface area contributed by atoms with Crippen LogP contribution in [-0.4, -0.2) is 16.1 Å². The molecule has 0 bridgehead atoms. The number of aryl methyl sites for hydroxylation is 1. The topological polar surface area (TPSA) is 50.2 Å². The van der Waals surface area contributed by atoms with Crippen LogP contribution < -0.4 is 0 Å². The number of aromatic nitrogens is 1. The number of aliphatic carboxylic acids is 1. The van der Waals surface area contributed by atoms with Crippen LogP contribution in [0.4, 0.5) is 4.39 Å². The van der Waals surface area contributed by atoms with Crippen molar-refractivity contribution in [1.29, 1.82) is 0 Å². The van der Waals surface area contributed by atoms with Crippen molar-refractivity contribution in [3.8, 4) is 11.3 Å². The molecule has 1 aromatic carbocycles. The molecule has 4 heteroatoms. The average molecular weight is 271 g/mol.